The predicted molar refractivity (Wildman–Crippen MR) is 59.6 cm³/mol. The molecule has 1 aromatic carbocycles. The third-order valence-corrected chi connectivity index (χ3v) is 3.72. The van der Waals surface area contributed by atoms with Crippen molar-refractivity contribution in [2.45, 2.75) is 31.3 Å². The molecule has 0 aromatic heterocycles. The van der Waals surface area contributed by atoms with Gasteiger partial charge in [-0.2, -0.15) is 0 Å². The van der Waals surface area contributed by atoms with Gasteiger partial charge in [0.1, 0.15) is 6.17 Å². The molecule has 0 amide bonds. The van der Waals surface area contributed by atoms with Crippen LogP contribution in [0.2, 0.25) is 0 Å². The summed E-state index contributed by atoms with van der Waals surface area (Å²) in [6, 6.07) is 6.05. The molecule has 14 heavy (non-hydrogen) atoms. The molecule has 0 N–H and O–H groups in total. The van der Waals surface area contributed by atoms with Crippen molar-refractivity contribution in [2.24, 2.45) is 5.92 Å². The molecule has 76 valence electrons. The number of rotatable bonds is 2. The maximum absolute atomic E-state index is 13.7. The first-order valence-corrected chi connectivity index (χ1v) is 6.06. The van der Waals surface area contributed by atoms with Crippen LogP contribution < -0.4 is 0 Å². The van der Waals surface area contributed by atoms with Crippen LogP contribution in [0, 0.1) is 5.92 Å². The van der Waals surface area contributed by atoms with E-state index < -0.39 is 6.17 Å². The largest absolute Gasteiger partial charge is 0.242 e. The van der Waals surface area contributed by atoms with Crippen LogP contribution in [0.1, 0.15) is 31.1 Å². The molecule has 1 atom stereocenters. The lowest BCUT2D eigenvalue weighted by Gasteiger charge is -2.13. The van der Waals surface area contributed by atoms with E-state index in [1.807, 2.05) is 37.7 Å². The van der Waals surface area contributed by atoms with E-state index in [1.165, 1.54) is 10.5 Å². The van der Waals surface area contributed by atoms with Crippen molar-refractivity contribution < 1.29 is 4.39 Å². The molecule has 1 aromatic rings. The summed E-state index contributed by atoms with van der Waals surface area (Å²) in [5.74, 6) is 1.22. The average molecular weight is 210 g/mol. The van der Waals surface area contributed by atoms with Gasteiger partial charge in [0.2, 0.25) is 0 Å². The zero-order valence-electron chi connectivity index (χ0n) is 8.59. The molecule has 1 aliphatic rings. The zero-order valence-corrected chi connectivity index (χ0v) is 9.40. The number of alkyl halides is 1. The number of halogens is 1. The Kier molecular flexibility index (Phi) is 2.82. The van der Waals surface area contributed by atoms with Crippen molar-refractivity contribution in [3.63, 3.8) is 0 Å². The minimum absolute atomic E-state index is 0.0689. The second-order valence-electron chi connectivity index (χ2n) is 4.11. The maximum Gasteiger partial charge on any atom is 0.127 e. The lowest BCUT2D eigenvalue weighted by atomic mass is 9.99. The summed E-state index contributed by atoms with van der Waals surface area (Å²) in [6.07, 6.45) is 0.320. The molecular weight excluding hydrogens is 195 g/mol. The van der Waals surface area contributed by atoms with Gasteiger partial charge in [-0.25, -0.2) is 4.39 Å². The third kappa shape index (κ3) is 1.81. The number of benzene rings is 1. The molecule has 2 heteroatoms. The van der Waals surface area contributed by atoms with Gasteiger partial charge in [0.05, 0.1) is 0 Å². The van der Waals surface area contributed by atoms with Crippen LogP contribution in [0.4, 0.5) is 4.39 Å². The minimum Gasteiger partial charge on any atom is -0.242 e. The number of hydrogen-bond donors (Lipinski definition) is 0. The predicted octanol–water partition coefficient (Wildman–Crippen LogP) is 4.00. The van der Waals surface area contributed by atoms with E-state index in [4.69, 9.17) is 0 Å². The quantitative estimate of drug-likeness (QED) is 0.711. The fourth-order valence-corrected chi connectivity index (χ4v) is 2.86. The second-order valence-corrected chi connectivity index (χ2v) is 5.25. The Morgan fingerprint density at radius 1 is 1.36 bits per heavy atom. The highest BCUT2D eigenvalue weighted by Crippen LogP contribution is 2.35. The standard InChI is InChI=1S/C12H15FS/c1-8(2)12(13)10-4-3-9-5-6-14-11(9)7-10/h3-4,7-8,12H,5-6H2,1-2H3. The first kappa shape index (κ1) is 10.0. The summed E-state index contributed by atoms with van der Waals surface area (Å²) in [5.41, 5.74) is 2.22. The van der Waals surface area contributed by atoms with Crippen LogP contribution in [0.15, 0.2) is 23.1 Å². The highest BCUT2D eigenvalue weighted by atomic mass is 32.2. The van der Waals surface area contributed by atoms with Gasteiger partial charge in [0, 0.05) is 10.6 Å². The lowest BCUT2D eigenvalue weighted by Crippen LogP contribution is -2.00. The van der Waals surface area contributed by atoms with Crippen molar-refractivity contribution >= 4 is 11.8 Å². The Hall–Kier alpha value is -0.500. The van der Waals surface area contributed by atoms with Crippen LogP contribution in [-0.4, -0.2) is 5.75 Å². The summed E-state index contributed by atoms with van der Waals surface area (Å²) in [7, 11) is 0. The SMILES string of the molecule is CC(C)C(F)c1ccc2c(c1)SCC2. The summed E-state index contributed by atoms with van der Waals surface area (Å²) in [4.78, 5) is 1.28. The van der Waals surface area contributed by atoms with Crippen molar-refractivity contribution in [1.29, 1.82) is 0 Å². The maximum atomic E-state index is 13.7. The van der Waals surface area contributed by atoms with Gasteiger partial charge in [-0.3, -0.25) is 0 Å². The van der Waals surface area contributed by atoms with Gasteiger partial charge in [-0.05, 0) is 29.5 Å². The summed E-state index contributed by atoms with van der Waals surface area (Å²) in [6.45, 7) is 3.84. The van der Waals surface area contributed by atoms with Crippen LogP contribution in [0.25, 0.3) is 0 Å². The molecule has 0 aliphatic carbocycles. The van der Waals surface area contributed by atoms with Gasteiger partial charge in [-0.1, -0.05) is 26.0 Å². The van der Waals surface area contributed by atoms with Crippen molar-refractivity contribution in [3.05, 3.63) is 29.3 Å². The molecule has 0 radical (unpaired) electrons. The summed E-state index contributed by atoms with van der Waals surface area (Å²) in [5, 5.41) is 0. The van der Waals surface area contributed by atoms with Gasteiger partial charge in [-0.15, -0.1) is 11.8 Å². The first-order chi connectivity index (χ1) is 6.68. The minimum atomic E-state index is -0.818. The zero-order chi connectivity index (χ0) is 10.1. The fraction of sp³-hybridized carbons (Fsp3) is 0.500. The number of thioether (sulfide) groups is 1. The average Bonchev–Trinajstić information content (AvgIpc) is 2.62. The topological polar surface area (TPSA) is 0 Å². The number of aryl methyl sites for hydroxylation is 1. The van der Waals surface area contributed by atoms with E-state index >= 15 is 0 Å². The van der Waals surface area contributed by atoms with E-state index in [1.54, 1.807) is 0 Å². The molecule has 1 aliphatic heterocycles. The molecule has 1 unspecified atom stereocenters. The van der Waals surface area contributed by atoms with Crippen LogP contribution in [-0.2, 0) is 6.42 Å². The summed E-state index contributed by atoms with van der Waals surface area (Å²) < 4.78 is 13.7. The third-order valence-electron chi connectivity index (χ3n) is 2.62. The molecular formula is C12H15FS. The van der Waals surface area contributed by atoms with E-state index in [0.717, 1.165) is 17.7 Å². The molecule has 2 rings (SSSR count). The van der Waals surface area contributed by atoms with Gasteiger partial charge < -0.3 is 0 Å². The van der Waals surface area contributed by atoms with E-state index in [-0.39, 0.29) is 5.92 Å². The Balaban J connectivity index is 2.28. The van der Waals surface area contributed by atoms with E-state index in [2.05, 4.69) is 6.07 Å². The molecule has 0 nitrogen and oxygen atoms in total. The molecule has 1 heterocycles. The van der Waals surface area contributed by atoms with E-state index in [9.17, 15) is 4.39 Å². The van der Waals surface area contributed by atoms with Gasteiger partial charge in [0.25, 0.3) is 0 Å². The number of hydrogen-bond acceptors (Lipinski definition) is 1. The smallest absolute Gasteiger partial charge is 0.127 e. The van der Waals surface area contributed by atoms with Crippen LogP contribution in [0.3, 0.4) is 0 Å². The molecule has 0 saturated heterocycles. The van der Waals surface area contributed by atoms with Crippen molar-refractivity contribution in [2.75, 3.05) is 5.75 Å². The molecule has 0 bridgehead atoms. The highest BCUT2D eigenvalue weighted by molar-refractivity contribution is 7.99. The normalized spacial score (nSPS) is 17.1. The fourth-order valence-electron chi connectivity index (χ4n) is 1.74. The Morgan fingerprint density at radius 2 is 2.14 bits per heavy atom. The number of fused-ring (bicyclic) bond motifs is 1. The van der Waals surface area contributed by atoms with Crippen LogP contribution >= 0.6 is 11.8 Å². The van der Waals surface area contributed by atoms with Crippen LogP contribution in [0.5, 0.6) is 0 Å². The van der Waals surface area contributed by atoms with Crippen molar-refractivity contribution in [1.82, 2.24) is 0 Å². The molecule has 0 spiro atoms. The highest BCUT2D eigenvalue weighted by Gasteiger charge is 2.18. The second kappa shape index (κ2) is 3.93. The first-order valence-electron chi connectivity index (χ1n) is 5.08. The monoisotopic (exact) mass is 210 g/mol. The Labute approximate surface area is 88.9 Å². The summed E-state index contributed by atoms with van der Waals surface area (Å²) >= 11 is 1.84. The Morgan fingerprint density at radius 3 is 2.86 bits per heavy atom. The van der Waals surface area contributed by atoms with Crippen molar-refractivity contribution in [3.8, 4) is 0 Å². The van der Waals surface area contributed by atoms with E-state index in [0.29, 0.717) is 0 Å². The molecule has 0 fully saturated rings. The lowest BCUT2D eigenvalue weighted by molar-refractivity contribution is 0.261. The van der Waals surface area contributed by atoms with Gasteiger partial charge in [0.15, 0.2) is 0 Å². The van der Waals surface area contributed by atoms with Gasteiger partial charge >= 0.3 is 0 Å². The molecule has 0 saturated carbocycles. The Bertz CT molecular complexity index is 333.